The van der Waals surface area contributed by atoms with E-state index in [0.29, 0.717) is 0 Å². The van der Waals surface area contributed by atoms with Gasteiger partial charge in [0.1, 0.15) is 0 Å². The van der Waals surface area contributed by atoms with E-state index >= 15 is 0 Å². The largest absolute Gasteiger partial charge is 0.385 e. The maximum absolute atomic E-state index is 4.26. The molecule has 1 saturated carbocycles. The predicted octanol–water partition coefficient (Wildman–Crippen LogP) is 3.56. The van der Waals surface area contributed by atoms with Gasteiger partial charge in [-0.15, -0.1) is 0 Å². The quantitative estimate of drug-likeness (QED) is 0.848. The molecular formula is C18H21N3. The first kappa shape index (κ1) is 12.7. The highest BCUT2D eigenvalue weighted by Gasteiger charge is 2.35. The maximum atomic E-state index is 4.26. The highest BCUT2D eigenvalue weighted by atomic mass is 15.3. The summed E-state index contributed by atoms with van der Waals surface area (Å²) in [6.07, 6.45) is 11.4. The molecule has 2 aliphatic rings. The number of rotatable bonds is 5. The van der Waals surface area contributed by atoms with Crippen LogP contribution in [0.5, 0.6) is 0 Å². The Labute approximate surface area is 125 Å². The van der Waals surface area contributed by atoms with Gasteiger partial charge in [-0.2, -0.15) is 5.10 Å². The third-order valence-electron chi connectivity index (χ3n) is 4.82. The van der Waals surface area contributed by atoms with E-state index in [1.54, 1.807) is 0 Å². The Morgan fingerprint density at radius 1 is 1.19 bits per heavy atom. The number of nitrogens with zero attached hydrogens (tertiary/aromatic N) is 2. The standard InChI is InChI=1S/C18H21N3/c1-3-15(13-21-8-2-7-20-21)11-18(4-1)19-12-17-10-14-5-6-16(17)9-14/h1-8,11,14,16-17,19H,9-10,12-13H2. The molecule has 3 nitrogen and oxygen atoms in total. The molecule has 4 rings (SSSR count). The molecule has 108 valence electrons. The molecule has 1 aromatic heterocycles. The monoisotopic (exact) mass is 279 g/mol. The van der Waals surface area contributed by atoms with Crippen molar-refractivity contribution in [2.24, 2.45) is 17.8 Å². The van der Waals surface area contributed by atoms with Crippen molar-refractivity contribution in [3.63, 3.8) is 0 Å². The van der Waals surface area contributed by atoms with Crippen molar-refractivity contribution in [3.05, 3.63) is 60.4 Å². The van der Waals surface area contributed by atoms with E-state index in [9.17, 15) is 0 Å². The van der Waals surface area contributed by atoms with Crippen molar-refractivity contribution in [2.45, 2.75) is 19.4 Å². The molecule has 21 heavy (non-hydrogen) atoms. The first-order chi connectivity index (χ1) is 10.4. The zero-order chi connectivity index (χ0) is 14.1. The molecular weight excluding hydrogens is 258 g/mol. The van der Waals surface area contributed by atoms with Crippen molar-refractivity contribution < 1.29 is 0 Å². The average molecular weight is 279 g/mol. The van der Waals surface area contributed by atoms with Crippen molar-refractivity contribution in [1.82, 2.24) is 9.78 Å². The molecule has 0 saturated heterocycles. The Kier molecular flexibility index (Phi) is 3.26. The molecule has 0 aliphatic heterocycles. The topological polar surface area (TPSA) is 29.9 Å². The zero-order valence-corrected chi connectivity index (χ0v) is 12.2. The van der Waals surface area contributed by atoms with E-state index in [1.165, 1.54) is 24.1 Å². The van der Waals surface area contributed by atoms with Crippen LogP contribution in [0.1, 0.15) is 18.4 Å². The molecule has 2 aliphatic carbocycles. The molecule has 1 N–H and O–H groups in total. The summed E-state index contributed by atoms with van der Waals surface area (Å²) in [5.74, 6) is 2.48. The second-order valence-electron chi connectivity index (χ2n) is 6.33. The first-order valence-corrected chi connectivity index (χ1v) is 7.85. The van der Waals surface area contributed by atoms with Crippen LogP contribution in [0.25, 0.3) is 0 Å². The second-order valence-corrected chi connectivity index (χ2v) is 6.33. The lowest BCUT2D eigenvalue weighted by Crippen LogP contribution is -2.18. The molecule has 3 unspecified atom stereocenters. The number of hydrogen-bond donors (Lipinski definition) is 1. The van der Waals surface area contributed by atoms with Crippen molar-refractivity contribution in [2.75, 3.05) is 11.9 Å². The summed E-state index contributed by atoms with van der Waals surface area (Å²) in [5, 5.41) is 7.89. The van der Waals surface area contributed by atoms with Crippen LogP contribution in [0.4, 0.5) is 5.69 Å². The zero-order valence-electron chi connectivity index (χ0n) is 12.2. The number of fused-ring (bicyclic) bond motifs is 2. The maximum Gasteiger partial charge on any atom is 0.0660 e. The smallest absolute Gasteiger partial charge is 0.0660 e. The molecule has 0 radical (unpaired) electrons. The minimum absolute atomic E-state index is 0.815. The summed E-state index contributed by atoms with van der Waals surface area (Å²) in [7, 11) is 0. The van der Waals surface area contributed by atoms with Gasteiger partial charge in [0.2, 0.25) is 0 Å². The van der Waals surface area contributed by atoms with Gasteiger partial charge in [0.25, 0.3) is 0 Å². The van der Waals surface area contributed by atoms with Gasteiger partial charge in [0.05, 0.1) is 6.54 Å². The van der Waals surface area contributed by atoms with Crippen LogP contribution in [-0.2, 0) is 6.54 Å². The van der Waals surface area contributed by atoms with Crippen molar-refractivity contribution in [1.29, 1.82) is 0 Å². The van der Waals surface area contributed by atoms with Gasteiger partial charge < -0.3 is 5.32 Å². The van der Waals surface area contributed by atoms with E-state index in [-0.39, 0.29) is 0 Å². The lowest BCUT2D eigenvalue weighted by Gasteiger charge is -2.19. The van der Waals surface area contributed by atoms with E-state index < -0.39 is 0 Å². The summed E-state index contributed by atoms with van der Waals surface area (Å²) in [6.45, 7) is 1.93. The Bertz CT molecular complexity index is 630. The highest BCUT2D eigenvalue weighted by molar-refractivity contribution is 5.46. The van der Waals surface area contributed by atoms with E-state index in [1.807, 2.05) is 23.1 Å². The molecule has 3 heteroatoms. The van der Waals surface area contributed by atoms with Crippen LogP contribution in [0.2, 0.25) is 0 Å². The number of hydrogen-bond acceptors (Lipinski definition) is 2. The van der Waals surface area contributed by atoms with Gasteiger partial charge in [-0.1, -0.05) is 24.3 Å². The molecule has 1 aromatic carbocycles. The van der Waals surface area contributed by atoms with Crippen molar-refractivity contribution in [3.8, 4) is 0 Å². The van der Waals surface area contributed by atoms with Crippen LogP contribution in [0, 0.1) is 17.8 Å². The first-order valence-electron chi connectivity index (χ1n) is 7.85. The fraction of sp³-hybridized carbons (Fsp3) is 0.389. The number of allylic oxidation sites excluding steroid dienone is 2. The van der Waals surface area contributed by atoms with Crippen LogP contribution in [-0.4, -0.2) is 16.3 Å². The van der Waals surface area contributed by atoms with Gasteiger partial charge >= 0.3 is 0 Å². The van der Waals surface area contributed by atoms with Crippen LogP contribution in [0.15, 0.2) is 54.9 Å². The molecule has 0 amide bonds. The van der Waals surface area contributed by atoms with Gasteiger partial charge in [0, 0.05) is 24.6 Å². The van der Waals surface area contributed by atoms with Crippen LogP contribution >= 0.6 is 0 Å². The SMILES string of the molecule is C1=CC2CC1CC2CNc1cccc(Cn2cccn2)c1. The lowest BCUT2D eigenvalue weighted by molar-refractivity contribution is 0.472. The van der Waals surface area contributed by atoms with Gasteiger partial charge in [-0.3, -0.25) is 4.68 Å². The summed E-state index contributed by atoms with van der Waals surface area (Å²) in [5.41, 5.74) is 2.52. The Morgan fingerprint density at radius 2 is 2.19 bits per heavy atom. The Hall–Kier alpha value is -2.03. The average Bonchev–Trinajstić information content (AvgIpc) is 3.23. The Morgan fingerprint density at radius 3 is 2.95 bits per heavy atom. The van der Waals surface area contributed by atoms with Gasteiger partial charge in [-0.25, -0.2) is 0 Å². The number of nitrogens with one attached hydrogen (secondary N) is 1. The van der Waals surface area contributed by atoms with Crippen molar-refractivity contribution >= 4 is 5.69 Å². The predicted molar refractivity (Wildman–Crippen MR) is 85.1 cm³/mol. The lowest BCUT2D eigenvalue weighted by atomic mass is 9.93. The van der Waals surface area contributed by atoms with E-state index in [4.69, 9.17) is 0 Å². The third-order valence-corrected chi connectivity index (χ3v) is 4.82. The number of benzene rings is 1. The number of aromatic nitrogens is 2. The minimum Gasteiger partial charge on any atom is -0.385 e. The third kappa shape index (κ3) is 2.73. The van der Waals surface area contributed by atoms with E-state index in [0.717, 1.165) is 30.8 Å². The molecule has 3 atom stereocenters. The fourth-order valence-electron chi connectivity index (χ4n) is 3.74. The molecule has 1 heterocycles. The molecule has 2 bridgehead atoms. The van der Waals surface area contributed by atoms with Gasteiger partial charge in [0.15, 0.2) is 0 Å². The number of anilines is 1. The molecule has 2 aromatic rings. The summed E-state index contributed by atoms with van der Waals surface area (Å²) in [6, 6.07) is 10.7. The van der Waals surface area contributed by atoms with E-state index in [2.05, 4.69) is 46.8 Å². The Balaban J connectivity index is 1.38. The second kappa shape index (κ2) is 5.40. The minimum atomic E-state index is 0.815. The summed E-state index contributed by atoms with van der Waals surface area (Å²) < 4.78 is 1.96. The van der Waals surface area contributed by atoms with Crippen LogP contribution < -0.4 is 5.32 Å². The van der Waals surface area contributed by atoms with Crippen LogP contribution in [0.3, 0.4) is 0 Å². The molecule has 1 fully saturated rings. The normalized spacial score (nSPS) is 26.4. The molecule has 0 spiro atoms. The summed E-state index contributed by atoms with van der Waals surface area (Å²) >= 11 is 0. The van der Waals surface area contributed by atoms with Gasteiger partial charge in [-0.05, 0) is 54.4 Å². The fourth-order valence-corrected chi connectivity index (χ4v) is 3.74. The summed E-state index contributed by atoms with van der Waals surface area (Å²) in [4.78, 5) is 0. The highest BCUT2D eigenvalue weighted by Crippen LogP contribution is 2.43.